The van der Waals surface area contributed by atoms with Gasteiger partial charge in [-0.1, -0.05) is 5.16 Å². The van der Waals surface area contributed by atoms with Crippen LogP contribution in [0.15, 0.2) is 4.52 Å². The summed E-state index contributed by atoms with van der Waals surface area (Å²) < 4.78 is 10.5. The Bertz CT molecular complexity index is 670. The van der Waals surface area contributed by atoms with E-state index in [1.165, 1.54) is 0 Å². The van der Waals surface area contributed by atoms with Gasteiger partial charge in [0.25, 0.3) is 0 Å². The van der Waals surface area contributed by atoms with E-state index in [0.29, 0.717) is 45.6 Å². The number of hydrogen-bond acceptors (Lipinski definition) is 7. The van der Waals surface area contributed by atoms with Crippen molar-refractivity contribution in [3.8, 4) is 6.07 Å². The fourth-order valence-electron chi connectivity index (χ4n) is 3.68. The van der Waals surface area contributed by atoms with Crippen molar-refractivity contribution in [2.24, 2.45) is 5.41 Å². The molecule has 2 aliphatic rings. The van der Waals surface area contributed by atoms with Crippen molar-refractivity contribution < 1.29 is 19.2 Å². The number of nitrogens with one attached hydrogen (secondary N) is 1. The molecule has 2 saturated heterocycles. The number of amides is 1. The van der Waals surface area contributed by atoms with Crippen LogP contribution in [0.1, 0.15) is 36.3 Å². The molecule has 3 heterocycles. The summed E-state index contributed by atoms with van der Waals surface area (Å²) in [6, 6.07) is 1.83. The minimum atomic E-state index is -1.04. The van der Waals surface area contributed by atoms with Crippen molar-refractivity contribution in [3.63, 3.8) is 0 Å². The first-order valence-corrected chi connectivity index (χ1v) is 9.07. The number of aliphatic hydroxyl groups is 1. The number of ether oxygens (including phenoxy) is 1. The van der Waals surface area contributed by atoms with Gasteiger partial charge in [-0.25, -0.2) is 0 Å². The second-order valence-corrected chi connectivity index (χ2v) is 7.28. The molecule has 0 saturated carbocycles. The number of rotatable bonds is 4. The third-order valence-electron chi connectivity index (χ3n) is 5.54. The van der Waals surface area contributed by atoms with Crippen molar-refractivity contribution in [1.82, 2.24) is 15.4 Å². The van der Waals surface area contributed by atoms with E-state index in [2.05, 4.69) is 21.4 Å². The van der Waals surface area contributed by atoms with E-state index in [1.54, 1.807) is 0 Å². The van der Waals surface area contributed by atoms with E-state index in [9.17, 15) is 15.2 Å². The van der Waals surface area contributed by atoms with E-state index < -0.39 is 11.5 Å². The Balaban J connectivity index is 1.57. The van der Waals surface area contributed by atoms with Crippen LogP contribution >= 0.6 is 0 Å². The van der Waals surface area contributed by atoms with Crippen LogP contribution in [0.4, 0.5) is 0 Å². The highest BCUT2D eigenvalue weighted by Crippen LogP contribution is 2.30. The molecule has 0 unspecified atom stereocenters. The summed E-state index contributed by atoms with van der Waals surface area (Å²) in [7, 11) is 0. The molecule has 0 aliphatic carbocycles. The molecule has 0 bridgehead atoms. The average Bonchev–Trinajstić information content (AvgIpc) is 2.96. The minimum absolute atomic E-state index is 0.286. The number of aliphatic hydroxyl groups excluding tert-OH is 1. The van der Waals surface area contributed by atoms with E-state index in [4.69, 9.17) is 9.26 Å². The van der Waals surface area contributed by atoms with E-state index in [0.717, 1.165) is 23.6 Å². The lowest BCUT2D eigenvalue weighted by atomic mass is 9.80. The number of hydrogen-bond donors (Lipinski definition) is 2. The number of nitrogens with zero attached hydrogens (tertiary/aromatic N) is 3. The van der Waals surface area contributed by atoms with Crippen molar-refractivity contribution in [3.05, 3.63) is 17.0 Å². The monoisotopic (exact) mass is 362 g/mol. The van der Waals surface area contributed by atoms with Gasteiger partial charge < -0.3 is 19.7 Å². The molecule has 142 valence electrons. The van der Waals surface area contributed by atoms with Gasteiger partial charge in [-0.2, -0.15) is 5.26 Å². The maximum Gasteiger partial charge on any atom is 0.240 e. The van der Waals surface area contributed by atoms with Crippen molar-refractivity contribution in [2.45, 2.75) is 51.8 Å². The lowest BCUT2D eigenvalue weighted by molar-refractivity contribution is -0.134. The predicted octanol–water partition coefficient (Wildman–Crippen LogP) is 0.663. The van der Waals surface area contributed by atoms with Gasteiger partial charge in [0.15, 0.2) is 0 Å². The van der Waals surface area contributed by atoms with Crippen LogP contribution in [0.5, 0.6) is 0 Å². The molecule has 1 aromatic rings. The Morgan fingerprint density at radius 2 is 2.19 bits per heavy atom. The number of nitriles is 1. The molecule has 0 radical (unpaired) electrons. The SMILES string of the molecule is Cc1noc(C)c1CN1CC[C@@H](NC(=O)C2(C#N)CCOCC2)[C@H](O)C1. The Morgan fingerprint density at radius 3 is 2.77 bits per heavy atom. The molecule has 3 rings (SSSR count). The van der Waals surface area contributed by atoms with Gasteiger partial charge in [0.2, 0.25) is 5.91 Å². The van der Waals surface area contributed by atoms with Crippen LogP contribution in [0.2, 0.25) is 0 Å². The maximum absolute atomic E-state index is 12.7. The lowest BCUT2D eigenvalue weighted by Crippen LogP contribution is -2.57. The molecule has 2 fully saturated rings. The second-order valence-electron chi connectivity index (χ2n) is 7.28. The Morgan fingerprint density at radius 1 is 1.46 bits per heavy atom. The first kappa shape index (κ1) is 18.8. The highest BCUT2D eigenvalue weighted by molar-refractivity contribution is 5.85. The largest absolute Gasteiger partial charge is 0.390 e. The van der Waals surface area contributed by atoms with Gasteiger partial charge in [-0.3, -0.25) is 9.69 Å². The smallest absolute Gasteiger partial charge is 0.240 e. The molecule has 26 heavy (non-hydrogen) atoms. The summed E-state index contributed by atoms with van der Waals surface area (Å²) in [5.74, 6) is 0.509. The van der Waals surface area contributed by atoms with Crippen molar-refractivity contribution >= 4 is 5.91 Å². The summed E-state index contributed by atoms with van der Waals surface area (Å²) in [5.41, 5.74) is 0.874. The topological polar surface area (TPSA) is 112 Å². The Kier molecular flexibility index (Phi) is 5.61. The molecule has 0 spiro atoms. The molecule has 2 aliphatic heterocycles. The first-order chi connectivity index (χ1) is 12.4. The quantitative estimate of drug-likeness (QED) is 0.809. The zero-order valence-electron chi connectivity index (χ0n) is 15.3. The van der Waals surface area contributed by atoms with Gasteiger partial charge >= 0.3 is 0 Å². The molecule has 0 aromatic carbocycles. The maximum atomic E-state index is 12.7. The molecule has 1 amide bonds. The number of carbonyl (C=O) groups excluding carboxylic acids is 1. The van der Waals surface area contributed by atoms with Gasteiger partial charge in [0, 0.05) is 38.4 Å². The second kappa shape index (κ2) is 7.74. The van der Waals surface area contributed by atoms with Gasteiger partial charge in [0.05, 0.1) is 23.9 Å². The summed E-state index contributed by atoms with van der Waals surface area (Å²) in [6.07, 6.45) is 0.754. The number of carbonyl (C=O) groups is 1. The first-order valence-electron chi connectivity index (χ1n) is 9.07. The van der Waals surface area contributed by atoms with Crippen molar-refractivity contribution in [1.29, 1.82) is 5.26 Å². The zero-order valence-corrected chi connectivity index (χ0v) is 15.3. The fraction of sp³-hybridized carbons (Fsp3) is 0.722. The normalized spacial score (nSPS) is 26.2. The van der Waals surface area contributed by atoms with Crippen LogP contribution in [0.25, 0.3) is 0 Å². The van der Waals surface area contributed by atoms with Crippen molar-refractivity contribution in [2.75, 3.05) is 26.3 Å². The highest BCUT2D eigenvalue weighted by atomic mass is 16.5. The summed E-state index contributed by atoms with van der Waals surface area (Å²) in [5, 5.41) is 26.9. The van der Waals surface area contributed by atoms with Gasteiger partial charge in [0.1, 0.15) is 11.2 Å². The number of piperidine rings is 1. The fourth-order valence-corrected chi connectivity index (χ4v) is 3.68. The van der Waals surface area contributed by atoms with Crippen LogP contribution < -0.4 is 5.32 Å². The molecule has 8 heteroatoms. The predicted molar refractivity (Wildman–Crippen MR) is 91.9 cm³/mol. The number of β-amino-alcohol motifs (C(OH)–C–C–N with tert-alkyl or cyclic N) is 1. The third kappa shape index (κ3) is 3.75. The van der Waals surface area contributed by atoms with Crippen LogP contribution in [0.3, 0.4) is 0 Å². The number of aromatic nitrogens is 1. The summed E-state index contributed by atoms with van der Waals surface area (Å²) in [4.78, 5) is 14.8. The van der Waals surface area contributed by atoms with Crippen LogP contribution in [-0.2, 0) is 16.1 Å². The average molecular weight is 362 g/mol. The highest BCUT2D eigenvalue weighted by Gasteiger charge is 2.42. The molecule has 1 aromatic heterocycles. The van der Waals surface area contributed by atoms with Gasteiger partial charge in [-0.15, -0.1) is 0 Å². The lowest BCUT2D eigenvalue weighted by Gasteiger charge is -2.38. The van der Waals surface area contributed by atoms with E-state index in [-0.39, 0.29) is 11.9 Å². The minimum Gasteiger partial charge on any atom is -0.390 e. The Hall–Kier alpha value is -1.95. The molecular weight excluding hydrogens is 336 g/mol. The number of aryl methyl sites for hydroxylation is 2. The number of likely N-dealkylation sites (tertiary alicyclic amines) is 1. The molecule has 2 N–H and O–H groups in total. The van der Waals surface area contributed by atoms with E-state index in [1.807, 2.05) is 13.8 Å². The van der Waals surface area contributed by atoms with Gasteiger partial charge in [-0.05, 0) is 33.1 Å². The Labute approximate surface area is 153 Å². The summed E-state index contributed by atoms with van der Waals surface area (Å²) in [6.45, 7) is 6.49. The summed E-state index contributed by atoms with van der Waals surface area (Å²) >= 11 is 0. The van der Waals surface area contributed by atoms with Crippen LogP contribution in [-0.4, -0.2) is 59.5 Å². The molecular formula is C18H26N4O4. The molecule has 2 atom stereocenters. The standard InChI is InChI=1S/C18H26N4O4/c1-12-14(13(2)26-21-12)9-22-6-3-15(16(23)10-22)20-17(24)18(11-19)4-7-25-8-5-18/h15-16,23H,3-10H2,1-2H3,(H,20,24)/t15-,16-/m1/s1. The third-order valence-corrected chi connectivity index (χ3v) is 5.54. The zero-order chi connectivity index (χ0) is 18.7. The van der Waals surface area contributed by atoms with E-state index >= 15 is 0 Å². The molecule has 8 nitrogen and oxygen atoms in total. The van der Waals surface area contributed by atoms with Crippen LogP contribution in [0, 0.1) is 30.6 Å².